The summed E-state index contributed by atoms with van der Waals surface area (Å²) in [6.45, 7) is 2.69. The predicted molar refractivity (Wildman–Crippen MR) is 111 cm³/mol. The summed E-state index contributed by atoms with van der Waals surface area (Å²) in [6.07, 6.45) is 2.48. The third-order valence-corrected chi connectivity index (χ3v) is 5.65. The number of halogens is 1. The Morgan fingerprint density at radius 3 is 2.84 bits per heavy atom. The summed E-state index contributed by atoms with van der Waals surface area (Å²) in [5.74, 6) is 0.0280. The standard InChI is InChI=1S/C22H18FN7O/c1-13-3-2-4-16-11-18(28-30(13)16)20-19-17(24-12-25-19)9-10-29(20)22-27-26-21(31-22)14-5-7-15(23)8-6-14/h2-8,11-12,20H,9-10H2,1H3,(H,24,25)/t20-/m0/s1. The van der Waals surface area contributed by atoms with E-state index in [0.29, 0.717) is 24.0 Å². The highest BCUT2D eigenvalue weighted by Gasteiger charge is 2.36. The number of anilines is 1. The highest BCUT2D eigenvalue weighted by molar-refractivity contribution is 5.55. The largest absolute Gasteiger partial charge is 0.403 e. The SMILES string of the molecule is Cc1cccc2cc([C@H]3c4nc[nH]c4CCN3c3nnc(-c4ccc(F)cc4)o3)nn12. The van der Waals surface area contributed by atoms with E-state index in [-0.39, 0.29) is 11.9 Å². The van der Waals surface area contributed by atoms with Gasteiger partial charge in [0.1, 0.15) is 11.9 Å². The van der Waals surface area contributed by atoms with E-state index in [0.717, 1.165) is 34.7 Å². The van der Waals surface area contributed by atoms with Gasteiger partial charge in [-0.2, -0.15) is 5.10 Å². The summed E-state index contributed by atoms with van der Waals surface area (Å²) >= 11 is 0. The number of fused-ring (bicyclic) bond motifs is 2. The summed E-state index contributed by atoms with van der Waals surface area (Å²) in [5, 5.41) is 13.3. The van der Waals surface area contributed by atoms with Crippen LogP contribution in [0.3, 0.4) is 0 Å². The summed E-state index contributed by atoms with van der Waals surface area (Å²) in [7, 11) is 0. The number of aromatic amines is 1. The topological polar surface area (TPSA) is 88.1 Å². The molecule has 5 aromatic rings. The zero-order valence-electron chi connectivity index (χ0n) is 16.7. The van der Waals surface area contributed by atoms with E-state index in [9.17, 15) is 4.39 Å². The molecule has 0 spiro atoms. The van der Waals surface area contributed by atoms with Crippen LogP contribution in [-0.4, -0.2) is 36.3 Å². The van der Waals surface area contributed by atoms with Crippen molar-refractivity contribution >= 4 is 11.5 Å². The van der Waals surface area contributed by atoms with Crippen molar-refractivity contribution in [2.75, 3.05) is 11.4 Å². The van der Waals surface area contributed by atoms with Gasteiger partial charge < -0.3 is 14.3 Å². The molecule has 0 radical (unpaired) electrons. The van der Waals surface area contributed by atoms with Crippen LogP contribution in [-0.2, 0) is 6.42 Å². The number of pyridine rings is 1. The molecule has 0 saturated heterocycles. The molecule has 0 saturated carbocycles. The number of aromatic nitrogens is 6. The maximum absolute atomic E-state index is 13.3. The number of benzene rings is 1. The van der Waals surface area contributed by atoms with Gasteiger partial charge in [0.15, 0.2) is 0 Å². The summed E-state index contributed by atoms with van der Waals surface area (Å²) in [5.41, 5.74) is 5.54. The van der Waals surface area contributed by atoms with Gasteiger partial charge in [-0.05, 0) is 49.4 Å². The third-order valence-electron chi connectivity index (χ3n) is 5.65. The van der Waals surface area contributed by atoms with Gasteiger partial charge in [0.05, 0.1) is 23.2 Å². The fourth-order valence-corrected chi connectivity index (χ4v) is 4.13. The van der Waals surface area contributed by atoms with Crippen LogP contribution in [0.4, 0.5) is 10.4 Å². The smallest absolute Gasteiger partial charge is 0.319 e. The minimum Gasteiger partial charge on any atom is -0.403 e. The lowest BCUT2D eigenvalue weighted by Crippen LogP contribution is -2.37. The number of nitrogens with one attached hydrogen (secondary N) is 1. The number of imidazole rings is 1. The molecule has 8 nitrogen and oxygen atoms in total. The van der Waals surface area contributed by atoms with Crippen molar-refractivity contribution in [3.8, 4) is 11.5 Å². The van der Waals surface area contributed by atoms with Crippen LogP contribution < -0.4 is 4.90 Å². The highest BCUT2D eigenvalue weighted by Crippen LogP contribution is 2.37. The van der Waals surface area contributed by atoms with Gasteiger partial charge in [-0.15, -0.1) is 5.10 Å². The van der Waals surface area contributed by atoms with Crippen LogP contribution in [0.25, 0.3) is 17.0 Å². The first-order chi connectivity index (χ1) is 15.2. The lowest BCUT2D eigenvalue weighted by molar-refractivity contribution is 0.503. The van der Waals surface area contributed by atoms with Crippen molar-refractivity contribution in [1.82, 2.24) is 29.8 Å². The van der Waals surface area contributed by atoms with Gasteiger partial charge in [0, 0.05) is 29.9 Å². The number of hydrogen-bond donors (Lipinski definition) is 1. The Balaban J connectivity index is 1.44. The fourth-order valence-electron chi connectivity index (χ4n) is 4.13. The molecule has 0 aliphatic carbocycles. The van der Waals surface area contributed by atoms with Gasteiger partial charge in [0.2, 0.25) is 5.89 Å². The first-order valence-electron chi connectivity index (χ1n) is 10.0. The van der Waals surface area contributed by atoms with Gasteiger partial charge in [0.25, 0.3) is 0 Å². The first kappa shape index (κ1) is 17.8. The van der Waals surface area contributed by atoms with Crippen molar-refractivity contribution in [3.63, 3.8) is 0 Å². The molecule has 1 aromatic carbocycles. The molecule has 4 aromatic heterocycles. The number of nitrogens with zero attached hydrogens (tertiary/aromatic N) is 6. The van der Waals surface area contributed by atoms with E-state index in [1.165, 1.54) is 12.1 Å². The fraction of sp³-hybridized carbons (Fsp3) is 0.182. The van der Waals surface area contributed by atoms with Crippen LogP contribution in [0.1, 0.15) is 28.8 Å². The molecule has 9 heteroatoms. The van der Waals surface area contributed by atoms with Crippen molar-refractivity contribution in [3.05, 3.63) is 83.5 Å². The Labute approximate surface area is 176 Å². The van der Waals surface area contributed by atoms with E-state index in [4.69, 9.17) is 9.52 Å². The average Bonchev–Trinajstić information content (AvgIpc) is 3.52. The molecule has 1 N–H and O–H groups in total. The summed E-state index contributed by atoms with van der Waals surface area (Å²) < 4.78 is 21.2. The molecule has 1 atom stereocenters. The molecule has 154 valence electrons. The predicted octanol–water partition coefficient (Wildman–Crippen LogP) is 3.71. The molecule has 0 unspecified atom stereocenters. The molecule has 6 rings (SSSR count). The van der Waals surface area contributed by atoms with Crippen molar-refractivity contribution < 1.29 is 8.81 Å². The second kappa shape index (κ2) is 6.76. The van der Waals surface area contributed by atoms with Gasteiger partial charge in [-0.25, -0.2) is 13.9 Å². The Morgan fingerprint density at radius 2 is 2.00 bits per heavy atom. The lowest BCUT2D eigenvalue weighted by Gasteiger charge is -2.32. The zero-order valence-corrected chi connectivity index (χ0v) is 16.7. The number of hydrogen-bond acceptors (Lipinski definition) is 6. The summed E-state index contributed by atoms with van der Waals surface area (Å²) in [4.78, 5) is 9.84. The monoisotopic (exact) mass is 415 g/mol. The van der Waals surface area contributed by atoms with E-state index in [2.05, 4.69) is 26.2 Å². The maximum atomic E-state index is 13.3. The number of rotatable bonds is 3. The normalized spacial score (nSPS) is 16.1. The Morgan fingerprint density at radius 1 is 1.13 bits per heavy atom. The molecular formula is C22H18FN7O. The first-order valence-corrected chi connectivity index (χ1v) is 10.0. The Bertz CT molecular complexity index is 1380. The van der Waals surface area contributed by atoms with Crippen LogP contribution in [0.5, 0.6) is 0 Å². The van der Waals surface area contributed by atoms with Crippen LogP contribution >= 0.6 is 0 Å². The van der Waals surface area contributed by atoms with E-state index >= 15 is 0 Å². The Hall–Kier alpha value is -4.01. The minimum atomic E-state index is -0.312. The van der Waals surface area contributed by atoms with Crippen molar-refractivity contribution in [2.24, 2.45) is 0 Å². The van der Waals surface area contributed by atoms with Gasteiger partial charge in [-0.3, -0.25) is 0 Å². The maximum Gasteiger partial charge on any atom is 0.319 e. The van der Waals surface area contributed by atoms with Crippen LogP contribution in [0.2, 0.25) is 0 Å². The van der Waals surface area contributed by atoms with Gasteiger partial charge >= 0.3 is 6.01 Å². The van der Waals surface area contributed by atoms with Crippen LogP contribution in [0, 0.1) is 12.7 Å². The lowest BCUT2D eigenvalue weighted by atomic mass is 10.0. The number of aryl methyl sites for hydroxylation is 1. The van der Waals surface area contributed by atoms with E-state index in [1.54, 1.807) is 18.5 Å². The molecule has 5 heterocycles. The van der Waals surface area contributed by atoms with Crippen molar-refractivity contribution in [1.29, 1.82) is 0 Å². The number of H-pyrrole nitrogens is 1. The highest BCUT2D eigenvalue weighted by atomic mass is 19.1. The van der Waals surface area contributed by atoms with E-state index in [1.807, 2.05) is 34.5 Å². The van der Waals surface area contributed by atoms with Crippen LogP contribution in [0.15, 0.2) is 59.3 Å². The van der Waals surface area contributed by atoms with Gasteiger partial charge in [-0.1, -0.05) is 11.2 Å². The molecule has 0 amide bonds. The molecule has 1 aliphatic rings. The third kappa shape index (κ3) is 2.89. The second-order valence-electron chi connectivity index (χ2n) is 7.58. The Kier molecular flexibility index (Phi) is 3.89. The minimum absolute atomic E-state index is 0.268. The molecule has 31 heavy (non-hydrogen) atoms. The molecule has 0 fully saturated rings. The van der Waals surface area contributed by atoms with Crippen molar-refractivity contribution in [2.45, 2.75) is 19.4 Å². The quantitative estimate of drug-likeness (QED) is 0.483. The molecule has 0 bridgehead atoms. The second-order valence-corrected chi connectivity index (χ2v) is 7.58. The average molecular weight is 415 g/mol. The van der Waals surface area contributed by atoms with E-state index < -0.39 is 0 Å². The zero-order chi connectivity index (χ0) is 20.9. The summed E-state index contributed by atoms with van der Waals surface area (Å²) in [6, 6.07) is 14.2. The molecule has 1 aliphatic heterocycles. The molecular weight excluding hydrogens is 397 g/mol.